The van der Waals surface area contributed by atoms with Crippen molar-refractivity contribution in [2.75, 3.05) is 37.9 Å². The van der Waals surface area contributed by atoms with E-state index in [0.29, 0.717) is 55.5 Å². The molecule has 0 unspecified atom stereocenters. The van der Waals surface area contributed by atoms with E-state index >= 15 is 0 Å². The topological polar surface area (TPSA) is 93.9 Å². The summed E-state index contributed by atoms with van der Waals surface area (Å²) in [5.74, 6) is -0.151. The molecule has 120 valence electrons. The minimum Gasteiger partial charge on any atom is -0.383 e. The number of non-ortho nitro benzene ring substituents is 1. The first-order valence-electron chi connectivity index (χ1n) is 7.41. The van der Waals surface area contributed by atoms with E-state index in [-0.39, 0.29) is 17.6 Å². The molecule has 3 aliphatic rings. The molecule has 2 fully saturated rings. The van der Waals surface area contributed by atoms with Crippen LogP contribution in [0.2, 0.25) is 0 Å². The minimum atomic E-state index is -0.451. The quantitative estimate of drug-likeness (QED) is 0.489. The van der Waals surface area contributed by atoms with Crippen molar-refractivity contribution in [2.24, 2.45) is 0 Å². The standard InChI is InChI=1S/C15H15N3O5/c19-15-14(12-8-22-4-3-16-12)11-5-9(18(20)21)1-2-13(11)17(15)10-6-23-7-10/h1-2,5,10,16H,3-4,6-8H2/b14-12-. The number of anilines is 1. The van der Waals surface area contributed by atoms with Crippen LogP contribution in [0.1, 0.15) is 5.56 Å². The third-order valence-corrected chi connectivity index (χ3v) is 4.27. The predicted octanol–water partition coefficient (Wildman–Crippen LogP) is 0.671. The molecule has 0 radical (unpaired) electrons. The number of hydrogen-bond donors (Lipinski definition) is 1. The van der Waals surface area contributed by atoms with E-state index in [1.54, 1.807) is 11.0 Å². The molecule has 3 aliphatic heterocycles. The number of rotatable bonds is 2. The van der Waals surface area contributed by atoms with Crippen LogP contribution in [0.25, 0.3) is 5.57 Å². The van der Waals surface area contributed by atoms with Gasteiger partial charge in [0.1, 0.15) is 0 Å². The van der Waals surface area contributed by atoms with Crippen molar-refractivity contribution in [3.05, 3.63) is 39.6 Å². The summed E-state index contributed by atoms with van der Waals surface area (Å²) in [6, 6.07) is 4.51. The number of benzene rings is 1. The van der Waals surface area contributed by atoms with Crippen molar-refractivity contribution in [3.8, 4) is 0 Å². The molecule has 0 bridgehead atoms. The number of nitrogens with one attached hydrogen (secondary N) is 1. The second-order valence-corrected chi connectivity index (χ2v) is 5.66. The lowest BCUT2D eigenvalue weighted by atomic mass is 10.0. The number of ether oxygens (including phenoxy) is 2. The van der Waals surface area contributed by atoms with E-state index in [1.165, 1.54) is 12.1 Å². The molecular weight excluding hydrogens is 302 g/mol. The minimum absolute atomic E-state index is 0.0229. The Hall–Kier alpha value is -2.45. The Morgan fingerprint density at radius 2 is 2.13 bits per heavy atom. The van der Waals surface area contributed by atoms with Crippen LogP contribution < -0.4 is 10.2 Å². The SMILES string of the molecule is O=C1/C(=C2/COCCN2)c2cc([N+](=O)[O-])ccc2N1C1COC1. The molecule has 1 aromatic rings. The van der Waals surface area contributed by atoms with Gasteiger partial charge in [-0.2, -0.15) is 0 Å². The van der Waals surface area contributed by atoms with Gasteiger partial charge in [-0.15, -0.1) is 0 Å². The van der Waals surface area contributed by atoms with Gasteiger partial charge in [-0.25, -0.2) is 0 Å². The number of carbonyl (C=O) groups excluding carboxylic acids is 1. The molecule has 1 amide bonds. The summed E-state index contributed by atoms with van der Waals surface area (Å²) in [6.45, 7) is 2.46. The van der Waals surface area contributed by atoms with Crippen molar-refractivity contribution >= 4 is 22.9 Å². The first kappa shape index (κ1) is 14.2. The van der Waals surface area contributed by atoms with Crippen LogP contribution in [0.5, 0.6) is 0 Å². The molecule has 2 saturated heterocycles. The number of hydrogen-bond acceptors (Lipinski definition) is 6. The molecule has 1 aromatic carbocycles. The Bertz CT molecular complexity index is 718. The lowest BCUT2D eigenvalue weighted by Crippen LogP contribution is -2.50. The van der Waals surface area contributed by atoms with E-state index < -0.39 is 4.92 Å². The summed E-state index contributed by atoms with van der Waals surface area (Å²) in [7, 11) is 0. The molecule has 0 aliphatic carbocycles. The van der Waals surface area contributed by atoms with E-state index in [1.807, 2.05) is 0 Å². The van der Waals surface area contributed by atoms with Gasteiger partial charge in [0, 0.05) is 24.2 Å². The number of nitro benzene ring substituents is 1. The van der Waals surface area contributed by atoms with Gasteiger partial charge >= 0.3 is 0 Å². The zero-order valence-electron chi connectivity index (χ0n) is 12.3. The van der Waals surface area contributed by atoms with Crippen LogP contribution >= 0.6 is 0 Å². The van der Waals surface area contributed by atoms with Crippen molar-refractivity contribution in [1.29, 1.82) is 0 Å². The normalized spacial score (nSPS) is 24.2. The Balaban J connectivity index is 1.86. The van der Waals surface area contributed by atoms with Gasteiger partial charge in [0.15, 0.2) is 0 Å². The highest BCUT2D eigenvalue weighted by Gasteiger charge is 2.42. The average molecular weight is 317 g/mol. The smallest absolute Gasteiger partial charge is 0.270 e. The second kappa shape index (κ2) is 5.32. The fourth-order valence-corrected chi connectivity index (χ4v) is 3.08. The van der Waals surface area contributed by atoms with E-state index in [0.717, 1.165) is 0 Å². The van der Waals surface area contributed by atoms with Crippen LogP contribution in [0.15, 0.2) is 23.9 Å². The van der Waals surface area contributed by atoms with Crippen molar-refractivity contribution < 1.29 is 19.2 Å². The summed E-state index contributed by atoms with van der Waals surface area (Å²) in [4.78, 5) is 25.2. The first-order chi connectivity index (χ1) is 11.2. The van der Waals surface area contributed by atoms with Crippen molar-refractivity contribution in [3.63, 3.8) is 0 Å². The lowest BCUT2D eigenvalue weighted by Gasteiger charge is -2.34. The third-order valence-electron chi connectivity index (χ3n) is 4.27. The van der Waals surface area contributed by atoms with Crippen LogP contribution in [-0.2, 0) is 14.3 Å². The van der Waals surface area contributed by atoms with Gasteiger partial charge in [0.2, 0.25) is 0 Å². The molecule has 3 heterocycles. The second-order valence-electron chi connectivity index (χ2n) is 5.66. The summed E-state index contributed by atoms with van der Waals surface area (Å²) in [5.41, 5.74) is 2.41. The zero-order valence-corrected chi connectivity index (χ0v) is 12.3. The number of nitrogens with zero attached hydrogens (tertiary/aromatic N) is 2. The predicted molar refractivity (Wildman–Crippen MR) is 80.9 cm³/mol. The number of morpholine rings is 1. The maximum Gasteiger partial charge on any atom is 0.270 e. The van der Waals surface area contributed by atoms with Gasteiger partial charge in [0.25, 0.3) is 11.6 Å². The molecule has 8 nitrogen and oxygen atoms in total. The van der Waals surface area contributed by atoms with Crippen LogP contribution in [-0.4, -0.2) is 49.8 Å². The Morgan fingerprint density at radius 3 is 2.74 bits per heavy atom. The maximum absolute atomic E-state index is 12.9. The summed E-state index contributed by atoms with van der Waals surface area (Å²) in [6.07, 6.45) is 0. The number of carbonyl (C=O) groups is 1. The highest BCUT2D eigenvalue weighted by atomic mass is 16.6. The lowest BCUT2D eigenvalue weighted by molar-refractivity contribution is -0.384. The molecule has 0 atom stereocenters. The van der Waals surface area contributed by atoms with Gasteiger partial charge in [-0.05, 0) is 6.07 Å². The Labute approximate surface area is 131 Å². The fourth-order valence-electron chi connectivity index (χ4n) is 3.08. The molecule has 0 spiro atoms. The van der Waals surface area contributed by atoms with Crippen molar-refractivity contribution in [1.82, 2.24) is 5.32 Å². The van der Waals surface area contributed by atoms with Gasteiger partial charge < -0.3 is 14.8 Å². The molecule has 0 saturated carbocycles. The first-order valence-corrected chi connectivity index (χ1v) is 7.41. The van der Waals surface area contributed by atoms with Crippen molar-refractivity contribution in [2.45, 2.75) is 6.04 Å². The van der Waals surface area contributed by atoms with Crippen LogP contribution in [0.4, 0.5) is 11.4 Å². The van der Waals surface area contributed by atoms with E-state index in [4.69, 9.17) is 9.47 Å². The molecule has 8 heteroatoms. The summed E-state index contributed by atoms with van der Waals surface area (Å²) in [5, 5.41) is 14.3. The number of nitro groups is 1. The fraction of sp³-hybridized carbons (Fsp3) is 0.400. The monoisotopic (exact) mass is 317 g/mol. The summed E-state index contributed by atoms with van der Waals surface area (Å²) < 4.78 is 10.6. The van der Waals surface area contributed by atoms with Gasteiger partial charge in [0.05, 0.1) is 54.4 Å². The third kappa shape index (κ3) is 2.18. The number of fused-ring (bicyclic) bond motifs is 1. The Morgan fingerprint density at radius 1 is 1.30 bits per heavy atom. The highest BCUT2D eigenvalue weighted by Crippen LogP contribution is 2.42. The molecule has 4 rings (SSSR count). The van der Waals surface area contributed by atoms with Gasteiger partial charge in [-0.3, -0.25) is 19.8 Å². The largest absolute Gasteiger partial charge is 0.383 e. The number of amides is 1. The molecule has 1 N–H and O–H groups in total. The Kier molecular flexibility index (Phi) is 3.28. The average Bonchev–Trinajstić information content (AvgIpc) is 2.79. The zero-order chi connectivity index (χ0) is 16.0. The summed E-state index contributed by atoms with van der Waals surface area (Å²) >= 11 is 0. The highest BCUT2D eigenvalue weighted by molar-refractivity contribution is 6.33. The van der Waals surface area contributed by atoms with Crippen LogP contribution in [0, 0.1) is 10.1 Å². The van der Waals surface area contributed by atoms with Crippen LogP contribution in [0.3, 0.4) is 0 Å². The van der Waals surface area contributed by atoms with E-state index in [2.05, 4.69) is 5.32 Å². The molecular formula is C15H15N3O5. The molecule has 0 aromatic heterocycles. The molecule has 23 heavy (non-hydrogen) atoms. The maximum atomic E-state index is 12.9. The van der Waals surface area contributed by atoms with E-state index in [9.17, 15) is 14.9 Å². The van der Waals surface area contributed by atoms with Gasteiger partial charge in [-0.1, -0.05) is 0 Å².